The molecule has 0 spiro atoms. The fourth-order valence-corrected chi connectivity index (χ4v) is 1.78. The first-order valence-electron chi connectivity index (χ1n) is 6.02. The van der Waals surface area contributed by atoms with Gasteiger partial charge in [-0.3, -0.25) is 0 Å². The zero-order valence-electron chi connectivity index (χ0n) is 10.2. The Morgan fingerprint density at radius 2 is 2.33 bits per heavy atom. The van der Waals surface area contributed by atoms with Crippen LogP contribution in [-0.2, 0) is 6.54 Å². The molecule has 2 aromatic rings. The van der Waals surface area contributed by atoms with E-state index in [-0.39, 0.29) is 0 Å². The number of rotatable bonds is 5. The van der Waals surface area contributed by atoms with Gasteiger partial charge in [0.2, 0.25) is 0 Å². The number of tetrazole rings is 1. The van der Waals surface area contributed by atoms with Crippen molar-refractivity contribution in [3.8, 4) is 11.4 Å². The largest absolute Gasteiger partial charge is 0.497 e. The molecule has 1 aliphatic rings. The summed E-state index contributed by atoms with van der Waals surface area (Å²) in [5.74, 6) is 1.61. The summed E-state index contributed by atoms with van der Waals surface area (Å²) in [6.45, 7) is 0.689. The third kappa shape index (κ3) is 2.33. The van der Waals surface area contributed by atoms with E-state index in [1.54, 1.807) is 11.8 Å². The van der Waals surface area contributed by atoms with E-state index < -0.39 is 0 Å². The molecule has 94 valence electrons. The lowest BCUT2D eigenvalue weighted by molar-refractivity contribution is 0.414. The Morgan fingerprint density at radius 3 is 3.11 bits per heavy atom. The summed E-state index contributed by atoms with van der Waals surface area (Å²) in [6.07, 6.45) is 2.50. The van der Waals surface area contributed by atoms with Crippen molar-refractivity contribution >= 4 is 0 Å². The average Bonchev–Trinajstić information content (AvgIpc) is 3.13. The monoisotopic (exact) mass is 245 g/mol. The molecule has 1 aromatic heterocycles. The molecule has 0 aliphatic heterocycles. The lowest BCUT2D eigenvalue weighted by Crippen LogP contribution is -2.18. The molecule has 6 nitrogen and oxygen atoms in total. The highest BCUT2D eigenvalue weighted by molar-refractivity contribution is 5.38. The molecule has 18 heavy (non-hydrogen) atoms. The van der Waals surface area contributed by atoms with Crippen LogP contribution in [0.15, 0.2) is 24.3 Å². The van der Waals surface area contributed by atoms with Gasteiger partial charge in [0.15, 0.2) is 5.82 Å². The van der Waals surface area contributed by atoms with Crippen LogP contribution in [0, 0.1) is 0 Å². The summed E-state index contributed by atoms with van der Waals surface area (Å²) in [5.41, 5.74) is 0.909. The minimum absolute atomic E-state index is 0.639. The minimum Gasteiger partial charge on any atom is -0.497 e. The Bertz CT molecular complexity index is 535. The Kier molecular flexibility index (Phi) is 2.93. The number of ether oxygens (including phenoxy) is 1. The van der Waals surface area contributed by atoms with Crippen LogP contribution in [0.5, 0.6) is 5.75 Å². The Morgan fingerprint density at radius 1 is 1.44 bits per heavy atom. The Labute approximate surface area is 105 Å². The van der Waals surface area contributed by atoms with E-state index in [1.165, 1.54) is 12.8 Å². The number of hydrogen-bond acceptors (Lipinski definition) is 5. The van der Waals surface area contributed by atoms with Crippen molar-refractivity contribution in [3.05, 3.63) is 30.1 Å². The van der Waals surface area contributed by atoms with Crippen LogP contribution in [0.4, 0.5) is 0 Å². The van der Waals surface area contributed by atoms with Gasteiger partial charge >= 0.3 is 0 Å². The fourth-order valence-electron chi connectivity index (χ4n) is 1.78. The summed E-state index contributed by atoms with van der Waals surface area (Å²) in [6, 6.07) is 8.33. The molecule has 0 bridgehead atoms. The van der Waals surface area contributed by atoms with Crippen LogP contribution in [0.25, 0.3) is 5.69 Å². The van der Waals surface area contributed by atoms with Gasteiger partial charge in [-0.2, -0.15) is 4.68 Å². The van der Waals surface area contributed by atoms with Crippen molar-refractivity contribution in [3.63, 3.8) is 0 Å². The molecule has 1 aromatic carbocycles. The Balaban J connectivity index is 1.83. The van der Waals surface area contributed by atoms with Crippen LogP contribution in [0.1, 0.15) is 18.7 Å². The number of hydrogen-bond donors (Lipinski definition) is 1. The van der Waals surface area contributed by atoms with Crippen molar-refractivity contribution < 1.29 is 4.74 Å². The van der Waals surface area contributed by atoms with Crippen LogP contribution >= 0.6 is 0 Å². The third-order valence-electron chi connectivity index (χ3n) is 2.96. The molecular weight excluding hydrogens is 230 g/mol. The van der Waals surface area contributed by atoms with Crippen LogP contribution in [0.3, 0.4) is 0 Å². The first-order valence-corrected chi connectivity index (χ1v) is 6.02. The molecule has 1 fully saturated rings. The van der Waals surface area contributed by atoms with Gasteiger partial charge in [-0.15, -0.1) is 5.10 Å². The van der Waals surface area contributed by atoms with E-state index in [0.29, 0.717) is 12.6 Å². The van der Waals surface area contributed by atoms with Crippen LogP contribution < -0.4 is 10.1 Å². The van der Waals surface area contributed by atoms with Crippen molar-refractivity contribution in [2.45, 2.75) is 25.4 Å². The minimum atomic E-state index is 0.639. The maximum atomic E-state index is 5.20. The normalized spacial score (nSPS) is 14.7. The highest BCUT2D eigenvalue weighted by atomic mass is 16.5. The van der Waals surface area contributed by atoms with Crippen molar-refractivity contribution in [2.75, 3.05) is 7.11 Å². The number of methoxy groups -OCH3 is 1. The van der Waals surface area contributed by atoms with Gasteiger partial charge in [-0.1, -0.05) is 6.07 Å². The summed E-state index contributed by atoms with van der Waals surface area (Å²) < 4.78 is 6.94. The smallest absolute Gasteiger partial charge is 0.170 e. The molecule has 0 saturated heterocycles. The third-order valence-corrected chi connectivity index (χ3v) is 2.96. The second-order valence-electron chi connectivity index (χ2n) is 4.36. The quantitative estimate of drug-likeness (QED) is 0.848. The first kappa shape index (κ1) is 11.2. The van der Waals surface area contributed by atoms with Crippen molar-refractivity contribution in [1.29, 1.82) is 0 Å². The van der Waals surface area contributed by atoms with Gasteiger partial charge in [0, 0.05) is 12.1 Å². The van der Waals surface area contributed by atoms with Gasteiger partial charge in [0.05, 0.1) is 19.3 Å². The highest BCUT2D eigenvalue weighted by Crippen LogP contribution is 2.20. The summed E-state index contributed by atoms with van der Waals surface area (Å²) in [7, 11) is 1.65. The Hall–Kier alpha value is -1.95. The first-order chi connectivity index (χ1) is 8.86. The van der Waals surface area contributed by atoms with E-state index in [9.17, 15) is 0 Å². The van der Waals surface area contributed by atoms with E-state index in [0.717, 1.165) is 17.3 Å². The maximum absolute atomic E-state index is 5.20. The SMILES string of the molecule is COc1cccc(-n2nnnc2CNC2CC2)c1. The molecule has 0 radical (unpaired) electrons. The standard InChI is InChI=1S/C12H15N5O/c1-18-11-4-2-3-10(7-11)17-12(14-15-16-17)8-13-9-5-6-9/h2-4,7,9,13H,5-6,8H2,1H3. The molecule has 3 rings (SSSR count). The zero-order chi connectivity index (χ0) is 12.4. The molecule has 0 atom stereocenters. The zero-order valence-corrected chi connectivity index (χ0v) is 10.2. The number of nitrogens with one attached hydrogen (secondary N) is 1. The fraction of sp³-hybridized carbons (Fsp3) is 0.417. The molecule has 0 unspecified atom stereocenters. The van der Waals surface area contributed by atoms with E-state index in [2.05, 4.69) is 20.8 Å². The van der Waals surface area contributed by atoms with E-state index in [4.69, 9.17) is 4.74 Å². The average molecular weight is 245 g/mol. The number of benzene rings is 1. The summed E-state index contributed by atoms with van der Waals surface area (Å²) >= 11 is 0. The molecule has 1 N–H and O–H groups in total. The molecule has 1 heterocycles. The number of nitrogens with zero attached hydrogens (tertiary/aromatic N) is 4. The van der Waals surface area contributed by atoms with Crippen LogP contribution in [0.2, 0.25) is 0 Å². The molecule has 1 saturated carbocycles. The topological polar surface area (TPSA) is 64.9 Å². The highest BCUT2D eigenvalue weighted by Gasteiger charge is 2.21. The van der Waals surface area contributed by atoms with E-state index >= 15 is 0 Å². The number of aromatic nitrogens is 4. The molecule has 1 aliphatic carbocycles. The van der Waals surface area contributed by atoms with Gasteiger partial charge in [-0.05, 0) is 35.4 Å². The van der Waals surface area contributed by atoms with E-state index in [1.807, 2.05) is 24.3 Å². The van der Waals surface area contributed by atoms with Crippen molar-refractivity contribution in [2.24, 2.45) is 0 Å². The predicted octanol–water partition coefficient (Wildman–Crippen LogP) is 0.923. The van der Waals surface area contributed by atoms with Gasteiger partial charge in [0.25, 0.3) is 0 Å². The summed E-state index contributed by atoms with van der Waals surface area (Å²) in [5, 5.41) is 15.2. The van der Waals surface area contributed by atoms with Crippen LogP contribution in [-0.4, -0.2) is 33.4 Å². The molecule has 0 amide bonds. The second-order valence-corrected chi connectivity index (χ2v) is 4.36. The second kappa shape index (κ2) is 4.73. The predicted molar refractivity (Wildman–Crippen MR) is 65.6 cm³/mol. The molecular formula is C12H15N5O. The van der Waals surface area contributed by atoms with Gasteiger partial charge in [0.1, 0.15) is 5.75 Å². The maximum Gasteiger partial charge on any atom is 0.170 e. The lowest BCUT2D eigenvalue weighted by atomic mass is 10.3. The van der Waals surface area contributed by atoms with Gasteiger partial charge < -0.3 is 10.1 Å². The molecule has 6 heteroatoms. The summed E-state index contributed by atoms with van der Waals surface area (Å²) in [4.78, 5) is 0. The van der Waals surface area contributed by atoms with Gasteiger partial charge in [-0.25, -0.2) is 0 Å². The van der Waals surface area contributed by atoms with Crippen molar-refractivity contribution in [1.82, 2.24) is 25.5 Å². The lowest BCUT2D eigenvalue weighted by Gasteiger charge is -2.06.